The molecular formula is C10H12N2S. The highest BCUT2D eigenvalue weighted by molar-refractivity contribution is 7.08. The quantitative estimate of drug-likeness (QED) is 0.796. The summed E-state index contributed by atoms with van der Waals surface area (Å²) in [6.45, 7) is 0.803. The van der Waals surface area contributed by atoms with Gasteiger partial charge in [-0.25, -0.2) is 0 Å². The Morgan fingerprint density at radius 3 is 3.08 bits per heavy atom. The van der Waals surface area contributed by atoms with Crippen molar-refractivity contribution < 1.29 is 0 Å². The van der Waals surface area contributed by atoms with Gasteiger partial charge in [0.2, 0.25) is 0 Å². The minimum atomic E-state index is 0.208. The van der Waals surface area contributed by atoms with Crippen LogP contribution in [0.5, 0.6) is 0 Å². The van der Waals surface area contributed by atoms with Crippen molar-refractivity contribution in [2.24, 2.45) is 11.8 Å². The molecule has 1 aromatic rings. The van der Waals surface area contributed by atoms with Crippen LogP contribution in [-0.4, -0.2) is 6.54 Å². The standard InChI is InChI=1S/C10H12N2S/c11-5-9(8-1-2-8)6-12-10-3-4-13-7-10/h3-4,7-9,12H,1-2,6H2. The first-order chi connectivity index (χ1) is 6.40. The van der Waals surface area contributed by atoms with Gasteiger partial charge in [-0.2, -0.15) is 16.6 Å². The molecule has 0 aliphatic heterocycles. The second-order valence-corrected chi connectivity index (χ2v) is 4.25. The van der Waals surface area contributed by atoms with E-state index in [4.69, 9.17) is 5.26 Å². The van der Waals surface area contributed by atoms with Gasteiger partial charge in [0.1, 0.15) is 0 Å². The number of nitrogens with one attached hydrogen (secondary N) is 1. The first-order valence-electron chi connectivity index (χ1n) is 4.56. The van der Waals surface area contributed by atoms with E-state index in [-0.39, 0.29) is 5.92 Å². The smallest absolute Gasteiger partial charge is 0.0677 e. The third-order valence-corrected chi connectivity index (χ3v) is 3.09. The number of hydrogen-bond donors (Lipinski definition) is 1. The number of hydrogen-bond acceptors (Lipinski definition) is 3. The van der Waals surface area contributed by atoms with Crippen LogP contribution >= 0.6 is 11.3 Å². The van der Waals surface area contributed by atoms with Gasteiger partial charge in [-0.15, -0.1) is 0 Å². The van der Waals surface area contributed by atoms with Crippen molar-refractivity contribution in [1.82, 2.24) is 0 Å². The van der Waals surface area contributed by atoms with E-state index in [2.05, 4.69) is 16.8 Å². The minimum absolute atomic E-state index is 0.208. The summed E-state index contributed by atoms with van der Waals surface area (Å²) in [7, 11) is 0. The SMILES string of the molecule is N#CC(CNc1ccsc1)C1CC1. The van der Waals surface area contributed by atoms with Gasteiger partial charge >= 0.3 is 0 Å². The number of thiophene rings is 1. The largest absolute Gasteiger partial charge is 0.383 e. The van der Waals surface area contributed by atoms with Crippen molar-refractivity contribution in [3.63, 3.8) is 0 Å². The van der Waals surface area contributed by atoms with Crippen LogP contribution in [0.1, 0.15) is 12.8 Å². The molecule has 1 N–H and O–H groups in total. The molecule has 0 bridgehead atoms. The Bertz CT molecular complexity index is 295. The lowest BCUT2D eigenvalue weighted by Crippen LogP contribution is -2.13. The van der Waals surface area contributed by atoms with E-state index in [1.54, 1.807) is 11.3 Å². The molecule has 0 amide bonds. The lowest BCUT2D eigenvalue weighted by molar-refractivity contribution is 0.611. The van der Waals surface area contributed by atoms with Crippen molar-refractivity contribution in [2.75, 3.05) is 11.9 Å². The topological polar surface area (TPSA) is 35.8 Å². The fraction of sp³-hybridized carbons (Fsp3) is 0.500. The Balaban J connectivity index is 1.81. The Kier molecular flexibility index (Phi) is 2.51. The van der Waals surface area contributed by atoms with Crippen LogP contribution in [0.4, 0.5) is 5.69 Å². The van der Waals surface area contributed by atoms with Crippen molar-refractivity contribution in [3.8, 4) is 6.07 Å². The summed E-state index contributed by atoms with van der Waals surface area (Å²) in [6, 6.07) is 4.41. The van der Waals surface area contributed by atoms with E-state index in [9.17, 15) is 0 Å². The molecule has 2 nitrogen and oxygen atoms in total. The molecule has 1 aliphatic rings. The van der Waals surface area contributed by atoms with Gasteiger partial charge in [0.15, 0.2) is 0 Å². The molecule has 1 saturated carbocycles. The van der Waals surface area contributed by atoms with E-state index >= 15 is 0 Å². The highest BCUT2D eigenvalue weighted by Gasteiger charge is 2.30. The lowest BCUT2D eigenvalue weighted by Gasteiger charge is -2.08. The minimum Gasteiger partial charge on any atom is -0.383 e. The van der Waals surface area contributed by atoms with E-state index in [0.29, 0.717) is 5.92 Å². The zero-order chi connectivity index (χ0) is 9.10. The summed E-state index contributed by atoms with van der Waals surface area (Å²) in [5, 5.41) is 16.3. The Morgan fingerprint density at radius 1 is 1.69 bits per heavy atom. The molecule has 1 aromatic heterocycles. The third-order valence-electron chi connectivity index (χ3n) is 2.40. The third kappa shape index (κ3) is 2.22. The molecule has 68 valence electrons. The van der Waals surface area contributed by atoms with Gasteiger partial charge in [-0.3, -0.25) is 0 Å². The van der Waals surface area contributed by atoms with Crippen LogP contribution in [-0.2, 0) is 0 Å². The van der Waals surface area contributed by atoms with Crippen molar-refractivity contribution in [2.45, 2.75) is 12.8 Å². The summed E-state index contributed by atoms with van der Waals surface area (Å²) in [5.74, 6) is 0.871. The monoisotopic (exact) mass is 192 g/mol. The molecule has 1 heterocycles. The fourth-order valence-electron chi connectivity index (χ4n) is 1.41. The van der Waals surface area contributed by atoms with E-state index in [1.807, 2.05) is 11.4 Å². The average molecular weight is 192 g/mol. The summed E-state index contributed by atoms with van der Waals surface area (Å²) in [6.07, 6.45) is 2.48. The van der Waals surface area contributed by atoms with Crippen molar-refractivity contribution in [3.05, 3.63) is 16.8 Å². The summed E-state index contributed by atoms with van der Waals surface area (Å²) >= 11 is 1.68. The van der Waals surface area contributed by atoms with Gasteiger partial charge in [-0.05, 0) is 30.2 Å². The molecule has 0 radical (unpaired) electrons. The molecule has 1 unspecified atom stereocenters. The number of nitrogens with zero attached hydrogens (tertiary/aromatic N) is 1. The molecule has 0 aromatic carbocycles. The number of rotatable bonds is 4. The number of nitriles is 1. The summed E-state index contributed by atoms with van der Waals surface area (Å²) < 4.78 is 0. The molecule has 3 heteroatoms. The molecule has 1 atom stereocenters. The van der Waals surface area contributed by atoms with Crippen molar-refractivity contribution in [1.29, 1.82) is 5.26 Å². The fourth-order valence-corrected chi connectivity index (χ4v) is 2.02. The number of anilines is 1. The maximum Gasteiger partial charge on any atom is 0.0677 e. The summed E-state index contributed by atoms with van der Waals surface area (Å²) in [5.41, 5.74) is 1.14. The van der Waals surface area contributed by atoms with Crippen LogP contribution in [0.3, 0.4) is 0 Å². The molecule has 1 fully saturated rings. The highest BCUT2D eigenvalue weighted by atomic mass is 32.1. The predicted octanol–water partition coefficient (Wildman–Crippen LogP) is 2.71. The van der Waals surface area contributed by atoms with Crippen LogP contribution in [0.25, 0.3) is 0 Å². The van der Waals surface area contributed by atoms with Gasteiger partial charge in [0, 0.05) is 17.6 Å². The first kappa shape index (κ1) is 8.58. The Morgan fingerprint density at radius 2 is 2.54 bits per heavy atom. The average Bonchev–Trinajstić information content (AvgIpc) is 2.84. The molecule has 0 spiro atoms. The van der Waals surface area contributed by atoms with E-state index < -0.39 is 0 Å². The maximum atomic E-state index is 8.88. The Labute approximate surface area is 82.2 Å². The second kappa shape index (κ2) is 3.80. The predicted molar refractivity (Wildman–Crippen MR) is 54.6 cm³/mol. The van der Waals surface area contributed by atoms with Crippen LogP contribution in [0.15, 0.2) is 16.8 Å². The molecule has 13 heavy (non-hydrogen) atoms. The normalized spacial score (nSPS) is 17.8. The summed E-state index contributed by atoms with van der Waals surface area (Å²) in [4.78, 5) is 0. The van der Waals surface area contributed by atoms with Crippen LogP contribution < -0.4 is 5.32 Å². The molecule has 1 aliphatic carbocycles. The lowest BCUT2D eigenvalue weighted by atomic mass is 10.1. The second-order valence-electron chi connectivity index (χ2n) is 3.47. The highest BCUT2D eigenvalue weighted by Crippen LogP contribution is 2.36. The van der Waals surface area contributed by atoms with Crippen LogP contribution in [0, 0.1) is 23.2 Å². The molecule has 0 saturated heterocycles. The van der Waals surface area contributed by atoms with E-state index in [0.717, 1.165) is 12.2 Å². The van der Waals surface area contributed by atoms with Crippen molar-refractivity contribution >= 4 is 17.0 Å². The van der Waals surface area contributed by atoms with Gasteiger partial charge in [-0.1, -0.05) is 0 Å². The molecule has 2 rings (SSSR count). The zero-order valence-electron chi connectivity index (χ0n) is 7.36. The molecular weight excluding hydrogens is 180 g/mol. The van der Waals surface area contributed by atoms with Gasteiger partial charge in [0.05, 0.1) is 12.0 Å². The van der Waals surface area contributed by atoms with E-state index in [1.165, 1.54) is 12.8 Å². The van der Waals surface area contributed by atoms with Gasteiger partial charge < -0.3 is 5.32 Å². The first-order valence-corrected chi connectivity index (χ1v) is 5.50. The van der Waals surface area contributed by atoms with Crippen LogP contribution in [0.2, 0.25) is 0 Å². The zero-order valence-corrected chi connectivity index (χ0v) is 8.18. The Hall–Kier alpha value is -1.01. The maximum absolute atomic E-state index is 8.88. The van der Waals surface area contributed by atoms with Gasteiger partial charge in [0.25, 0.3) is 0 Å².